The van der Waals surface area contributed by atoms with Gasteiger partial charge in [-0.25, -0.2) is 23.7 Å². The highest BCUT2D eigenvalue weighted by molar-refractivity contribution is 5.91. The standard InChI is InChI=1S/C24H25F5N4O3/c1-14-31-17-8-18(35-3)19(36-13-22(12-34-2)10-23(25,26)11-22)7-16(17)21(32-14)30-9-15-5-4-6-20(33-15)24(27,28)29/h4-8H,9-13H2,1-3H3,(H,30,31,32). The molecule has 0 spiro atoms. The maximum atomic E-state index is 13.6. The van der Waals surface area contributed by atoms with Crippen molar-refractivity contribution in [1.82, 2.24) is 15.0 Å². The van der Waals surface area contributed by atoms with Gasteiger partial charge in [-0.05, 0) is 25.1 Å². The number of methoxy groups -OCH3 is 2. The van der Waals surface area contributed by atoms with Gasteiger partial charge in [-0.2, -0.15) is 13.2 Å². The number of nitrogens with one attached hydrogen (secondary N) is 1. The van der Waals surface area contributed by atoms with Crippen molar-refractivity contribution in [3.05, 3.63) is 47.5 Å². The Morgan fingerprint density at radius 3 is 2.39 bits per heavy atom. The molecule has 2 aromatic heterocycles. The Bertz CT molecular complexity index is 1240. The zero-order chi connectivity index (χ0) is 26.1. The number of hydrogen-bond acceptors (Lipinski definition) is 7. The van der Waals surface area contributed by atoms with Gasteiger partial charge in [-0.3, -0.25) is 0 Å². The molecular weight excluding hydrogens is 487 g/mol. The zero-order valence-corrected chi connectivity index (χ0v) is 19.9. The van der Waals surface area contributed by atoms with Crippen LogP contribution in [0.2, 0.25) is 0 Å². The Kier molecular flexibility index (Phi) is 6.91. The molecule has 1 fully saturated rings. The Balaban J connectivity index is 1.61. The second kappa shape index (κ2) is 9.64. The van der Waals surface area contributed by atoms with Crippen molar-refractivity contribution in [2.24, 2.45) is 5.41 Å². The minimum Gasteiger partial charge on any atom is -0.493 e. The quantitative estimate of drug-likeness (QED) is 0.384. The van der Waals surface area contributed by atoms with Crippen LogP contribution in [0.1, 0.15) is 30.1 Å². The van der Waals surface area contributed by atoms with Crippen molar-refractivity contribution in [1.29, 1.82) is 0 Å². The first-order chi connectivity index (χ1) is 16.9. The van der Waals surface area contributed by atoms with Gasteiger partial charge in [0.05, 0.1) is 38.1 Å². The summed E-state index contributed by atoms with van der Waals surface area (Å²) in [5.41, 5.74) is -1.13. The van der Waals surface area contributed by atoms with E-state index in [2.05, 4.69) is 20.3 Å². The fourth-order valence-electron chi connectivity index (χ4n) is 4.40. The fourth-order valence-corrected chi connectivity index (χ4v) is 4.40. The van der Waals surface area contributed by atoms with Crippen LogP contribution >= 0.6 is 0 Å². The third-order valence-corrected chi connectivity index (χ3v) is 5.88. The van der Waals surface area contributed by atoms with Gasteiger partial charge in [-0.1, -0.05) is 6.07 Å². The van der Waals surface area contributed by atoms with Crippen molar-refractivity contribution < 1.29 is 36.2 Å². The lowest BCUT2D eigenvalue weighted by atomic mass is 9.67. The van der Waals surface area contributed by atoms with Crippen LogP contribution in [0.25, 0.3) is 10.9 Å². The summed E-state index contributed by atoms with van der Waals surface area (Å²) in [7, 11) is 2.90. The molecule has 1 aromatic carbocycles. The third kappa shape index (κ3) is 5.58. The van der Waals surface area contributed by atoms with Crippen LogP contribution in [0.3, 0.4) is 0 Å². The first-order valence-corrected chi connectivity index (χ1v) is 11.1. The van der Waals surface area contributed by atoms with Crippen LogP contribution in [0, 0.1) is 12.3 Å². The number of hydrogen-bond donors (Lipinski definition) is 1. The number of pyridine rings is 1. The molecule has 36 heavy (non-hydrogen) atoms. The predicted octanol–water partition coefficient (Wildman–Crippen LogP) is 5.41. The van der Waals surface area contributed by atoms with Gasteiger partial charge in [0.25, 0.3) is 0 Å². The van der Waals surface area contributed by atoms with E-state index >= 15 is 0 Å². The molecule has 0 saturated heterocycles. The first kappa shape index (κ1) is 25.8. The normalized spacial score (nSPS) is 16.4. The molecule has 0 aliphatic heterocycles. The summed E-state index contributed by atoms with van der Waals surface area (Å²) < 4.78 is 82.7. The van der Waals surface area contributed by atoms with E-state index in [1.54, 1.807) is 19.1 Å². The smallest absolute Gasteiger partial charge is 0.433 e. The number of benzene rings is 1. The molecule has 4 rings (SSSR count). The molecule has 0 atom stereocenters. The number of aryl methyl sites for hydroxylation is 1. The topological polar surface area (TPSA) is 78.4 Å². The molecule has 0 unspecified atom stereocenters. The summed E-state index contributed by atoms with van der Waals surface area (Å²) in [4.78, 5) is 12.4. The van der Waals surface area contributed by atoms with E-state index in [1.165, 1.54) is 26.4 Å². The molecule has 3 aromatic rings. The molecule has 2 heterocycles. The molecule has 1 aliphatic rings. The molecule has 12 heteroatoms. The van der Waals surface area contributed by atoms with Gasteiger partial charge < -0.3 is 19.5 Å². The summed E-state index contributed by atoms with van der Waals surface area (Å²) in [6.45, 7) is 1.76. The minimum absolute atomic E-state index is 0.0120. The van der Waals surface area contributed by atoms with E-state index < -0.39 is 23.2 Å². The molecule has 1 saturated carbocycles. The number of anilines is 1. The third-order valence-electron chi connectivity index (χ3n) is 5.88. The second-order valence-electron chi connectivity index (χ2n) is 8.94. The summed E-state index contributed by atoms with van der Waals surface area (Å²) in [6.07, 6.45) is -5.24. The Hall–Kier alpha value is -3.28. The summed E-state index contributed by atoms with van der Waals surface area (Å²) in [5.74, 6) is -1.33. The predicted molar refractivity (Wildman–Crippen MR) is 121 cm³/mol. The lowest BCUT2D eigenvalue weighted by molar-refractivity contribution is -0.190. The summed E-state index contributed by atoms with van der Waals surface area (Å²) in [5, 5.41) is 3.53. The van der Waals surface area contributed by atoms with Crippen LogP contribution in [-0.2, 0) is 17.5 Å². The number of ether oxygens (including phenoxy) is 3. The van der Waals surface area contributed by atoms with Crippen molar-refractivity contribution in [3.63, 3.8) is 0 Å². The average Bonchev–Trinajstić information content (AvgIpc) is 2.79. The number of nitrogens with zero attached hydrogens (tertiary/aromatic N) is 3. The molecule has 0 amide bonds. The minimum atomic E-state index is -4.55. The first-order valence-electron chi connectivity index (χ1n) is 11.1. The molecule has 194 valence electrons. The van der Waals surface area contributed by atoms with Gasteiger partial charge in [-0.15, -0.1) is 0 Å². The van der Waals surface area contributed by atoms with Crippen LogP contribution in [0.5, 0.6) is 11.5 Å². The lowest BCUT2D eigenvalue weighted by Crippen LogP contribution is -2.52. The Morgan fingerprint density at radius 1 is 1.00 bits per heavy atom. The second-order valence-corrected chi connectivity index (χ2v) is 8.94. The number of alkyl halides is 5. The highest BCUT2D eigenvalue weighted by Gasteiger charge is 2.57. The van der Waals surface area contributed by atoms with Gasteiger partial charge in [0.1, 0.15) is 17.3 Å². The molecule has 1 aliphatic carbocycles. The van der Waals surface area contributed by atoms with Crippen LogP contribution in [0.4, 0.5) is 27.8 Å². The van der Waals surface area contributed by atoms with Crippen LogP contribution < -0.4 is 14.8 Å². The van der Waals surface area contributed by atoms with Crippen molar-refractivity contribution in [2.45, 2.75) is 38.4 Å². The van der Waals surface area contributed by atoms with E-state index in [4.69, 9.17) is 14.2 Å². The molecule has 0 radical (unpaired) electrons. The molecule has 7 nitrogen and oxygen atoms in total. The fraction of sp³-hybridized carbons (Fsp3) is 0.458. The lowest BCUT2D eigenvalue weighted by Gasteiger charge is -2.46. The van der Waals surface area contributed by atoms with Crippen molar-refractivity contribution in [3.8, 4) is 11.5 Å². The van der Waals surface area contributed by atoms with Gasteiger partial charge in [0, 0.05) is 36.8 Å². The van der Waals surface area contributed by atoms with Crippen LogP contribution in [0.15, 0.2) is 30.3 Å². The van der Waals surface area contributed by atoms with E-state index in [9.17, 15) is 22.0 Å². The van der Waals surface area contributed by atoms with E-state index in [-0.39, 0.29) is 38.3 Å². The molecular formula is C24H25F5N4O3. The maximum Gasteiger partial charge on any atom is 0.433 e. The van der Waals surface area contributed by atoms with Crippen LogP contribution in [-0.4, -0.2) is 48.3 Å². The van der Waals surface area contributed by atoms with Crippen molar-refractivity contribution >= 4 is 16.7 Å². The summed E-state index contributed by atoms with van der Waals surface area (Å²) >= 11 is 0. The maximum absolute atomic E-state index is 13.6. The van der Waals surface area contributed by atoms with Gasteiger partial charge in [0.2, 0.25) is 5.92 Å². The Morgan fingerprint density at radius 2 is 1.75 bits per heavy atom. The summed E-state index contributed by atoms with van der Waals surface area (Å²) in [6, 6.07) is 6.91. The number of rotatable bonds is 9. The van der Waals surface area contributed by atoms with E-state index in [1.807, 2.05) is 0 Å². The highest BCUT2D eigenvalue weighted by Crippen LogP contribution is 2.52. The molecule has 0 bridgehead atoms. The Labute approximate surface area is 204 Å². The van der Waals surface area contributed by atoms with Gasteiger partial charge >= 0.3 is 6.18 Å². The highest BCUT2D eigenvalue weighted by atomic mass is 19.4. The largest absolute Gasteiger partial charge is 0.493 e. The van der Waals surface area contributed by atoms with E-state index in [0.29, 0.717) is 34.0 Å². The number of fused-ring (bicyclic) bond motifs is 1. The van der Waals surface area contributed by atoms with Gasteiger partial charge in [0.15, 0.2) is 11.5 Å². The van der Waals surface area contributed by atoms with E-state index in [0.717, 1.165) is 6.07 Å². The SMILES string of the molecule is COCC1(COc2cc3c(NCc4cccc(C(F)(F)F)n4)nc(C)nc3cc2OC)CC(F)(F)C1. The monoisotopic (exact) mass is 512 g/mol. The van der Waals surface area contributed by atoms with Crippen molar-refractivity contribution in [2.75, 3.05) is 32.8 Å². The molecule has 1 N–H and O–H groups in total. The average molecular weight is 512 g/mol. The number of halogens is 5. The number of aromatic nitrogens is 3. The zero-order valence-electron chi connectivity index (χ0n) is 19.9.